The molecule has 1 rings (SSSR count). The van der Waals surface area contributed by atoms with Crippen molar-refractivity contribution in [1.29, 1.82) is 0 Å². The van der Waals surface area contributed by atoms with Gasteiger partial charge in [0.1, 0.15) is 0 Å². The average molecular weight is 204 g/mol. The third-order valence-corrected chi connectivity index (χ3v) is 2.15. The second kappa shape index (κ2) is 5.95. The Morgan fingerprint density at radius 1 is 1.64 bits per heavy atom. The number of carboxylic acids is 1. The second-order valence-corrected chi connectivity index (χ2v) is 3.26. The van der Waals surface area contributed by atoms with Crippen molar-refractivity contribution in [2.24, 2.45) is 0 Å². The van der Waals surface area contributed by atoms with Crippen molar-refractivity contribution >= 4 is 5.97 Å². The van der Waals surface area contributed by atoms with Crippen LogP contribution in [0.1, 0.15) is 19.3 Å². The van der Waals surface area contributed by atoms with E-state index in [9.17, 15) is 4.79 Å². The molecule has 14 heavy (non-hydrogen) atoms. The molecule has 0 saturated carbocycles. The Hall–Kier alpha value is -0.650. The normalized spacial score (nSPS) is 23.6. The predicted molar refractivity (Wildman–Crippen MR) is 48.1 cm³/mol. The molecule has 1 fully saturated rings. The zero-order valence-corrected chi connectivity index (χ0v) is 8.02. The molecule has 2 unspecified atom stereocenters. The van der Waals surface area contributed by atoms with Gasteiger partial charge in [0, 0.05) is 13.2 Å². The first-order chi connectivity index (χ1) is 6.75. The van der Waals surface area contributed by atoms with Gasteiger partial charge in [-0.2, -0.15) is 0 Å². The van der Waals surface area contributed by atoms with Crippen molar-refractivity contribution in [2.45, 2.75) is 31.5 Å². The highest BCUT2D eigenvalue weighted by atomic mass is 16.6. The quantitative estimate of drug-likeness (QED) is 0.596. The summed E-state index contributed by atoms with van der Waals surface area (Å²) in [5.41, 5.74) is 0. The van der Waals surface area contributed by atoms with Crippen molar-refractivity contribution in [2.75, 3.05) is 19.8 Å². The molecule has 5 heteroatoms. The second-order valence-electron chi connectivity index (χ2n) is 3.26. The number of carboxylic acid groups (broad SMARTS) is 1. The van der Waals surface area contributed by atoms with Gasteiger partial charge in [0.25, 0.3) is 0 Å². The van der Waals surface area contributed by atoms with E-state index in [4.69, 9.17) is 19.7 Å². The smallest absolute Gasteiger partial charge is 0.335 e. The monoisotopic (exact) mass is 204 g/mol. The lowest BCUT2D eigenvalue weighted by molar-refractivity contribution is -0.159. The Bertz CT molecular complexity index is 176. The third-order valence-electron chi connectivity index (χ3n) is 2.15. The van der Waals surface area contributed by atoms with Crippen molar-refractivity contribution in [3.63, 3.8) is 0 Å². The number of aliphatic carboxylic acids is 1. The highest BCUT2D eigenvalue weighted by molar-refractivity contribution is 5.73. The minimum atomic E-state index is -0.991. The van der Waals surface area contributed by atoms with Gasteiger partial charge in [-0.3, -0.25) is 0 Å². The molecule has 0 bridgehead atoms. The summed E-state index contributed by atoms with van der Waals surface area (Å²) >= 11 is 0. The number of rotatable bonds is 6. The molecule has 1 aliphatic heterocycles. The van der Waals surface area contributed by atoms with Crippen LogP contribution in [-0.2, 0) is 14.3 Å². The summed E-state index contributed by atoms with van der Waals surface area (Å²) in [7, 11) is 0. The fraction of sp³-hybridized carbons (Fsp3) is 0.889. The Morgan fingerprint density at radius 2 is 2.43 bits per heavy atom. The molecule has 0 amide bonds. The van der Waals surface area contributed by atoms with Crippen molar-refractivity contribution in [3.05, 3.63) is 0 Å². The summed E-state index contributed by atoms with van der Waals surface area (Å²) in [5.74, 6) is -0.991. The van der Waals surface area contributed by atoms with E-state index in [0.717, 1.165) is 12.8 Å². The molecule has 2 atom stereocenters. The standard InChI is InChI=1S/C9H16O5/c10-4-2-6-14-8(9(11)12)7-3-1-5-13-7/h7-8,10H,1-6H2,(H,11,12). The number of hydrogen-bond donors (Lipinski definition) is 2. The minimum absolute atomic E-state index is 0.0118. The van der Waals surface area contributed by atoms with E-state index in [-0.39, 0.29) is 19.3 Å². The molecular formula is C9H16O5. The number of carbonyl (C=O) groups is 1. The molecule has 2 N–H and O–H groups in total. The summed E-state index contributed by atoms with van der Waals surface area (Å²) in [4.78, 5) is 10.8. The lowest BCUT2D eigenvalue weighted by atomic mass is 10.1. The van der Waals surface area contributed by atoms with Crippen molar-refractivity contribution < 1.29 is 24.5 Å². The maximum Gasteiger partial charge on any atom is 0.335 e. The number of ether oxygens (including phenoxy) is 2. The predicted octanol–water partition coefficient (Wildman–Crippen LogP) is 0.0176. The van der Waals surface area contributed by atoms with Crippen LogP contribution in [0, 0.1) is 0 Å². The molecule has 0 aromatic carbocycles. The number of aliphatic hydroxyl groups excluding tert-OH is 1. The van der Waals surface area contributed by atoms with E-state index in [0.29, 0.717) is 13.0 Å². The third kappa shape index (κ3) is 3.25. The van der Waals surface area contributed by atoms with Gasteiger partial charge in [-0.15, -0.1) is 0 Å². The lowest BCUT2D eigenvalue weighted by Gasteiger charge is -2.18. The molecule has 5 nitrogen and oxygen atoms in total. The first kappa shape index (κ1) is 11.4. The van der Waals surface area contributed by atoms with Crippen molar-refractivity contribution in [1.82, 2.24) is 0 Å². The van der Waals surface area contributed by atoms with Gasteiger partial charge in [0.05, 0.1) is 12.7 Å². The minimum Gasteiger partial charge on any atom is -0.479 e. The van der Waals surface area contributed by atoms with E-state index in [2.05, 4.69) is 0 Å². The van der Waals surface area contributed by atoms with Crippen LogP contribution in [0.5, 0.6) is 0 Å². The van der Waals surface area contributed by atoms with E-state index in [1.807, 2.05) is 0 Å². The molecule has 1 aliphatic rings. The van der Waals surface area contributed by atoms with Gasteiger partial charge in [0.2, 0.25) is 0 Å². The first-order valence-electron chi connectivity index (χ1n) is 4.82. The summed E-state index contributed by atoms with van der Waals surface area (Å²) < 4.78 is 10.4. The summed E-state index contributed by atoms with van der Waals surface area (Å²) in [6.45, 7) is 0.878. The van der Waals surface area contributed by atoms with Crippen LogP contribution in [-0.4, -0.2) is 48.2 Å². The van der Waals surface area contributed by atoms with Gasteiger partial charge in [0.15, 0.2) is 6.10 Å². The average Bonchev–Trinajstić information content (AvgIpc) is 2.64. The largest absolute Gasteiger partial charge is 0.479 e. The first-order valence-corrected chi connectivity index (χ1v) is 4.82. The SMILES string of the molecule is O=C(O)C(OCCCO)C1CCCO1. The van der Waals surface area contributed by atoms with Crippen LogP contribution in [0.3, 0.4) is 0 Å². The number of hydrogen-bond acceptors (Lipinski definition) is 4. The number of aliphatic hydroxyl groups is 1. The fourth-order valence-electron chi connectivity index (χ4n) is 1.45. The zero-order valence-electron chi connectivity index (χ0n) is 8.02. The maximum atomic E-state index is 10.8. The summed E-state index contributed by atoms with van der Waals surface area (Å²) in [6.07, 6.45) is 0.861. The molecule has 82 valence electrons. The van der Waals surface area contributed by atoms with Crippen LogP contribution in [0.15, 0.2) is 0 Å². The topological polar surface area (TPSA) is 76.0 Å². The van der Waals surface area contributed by atoms with Gasteiger partial charge in [-0.25, -0.2) is 4.79 Å². The summed E-state index contributed by atoms with van der Waals surface area (Å²) in [6, 6.07) is 0. The van der Waals surface area contributed by atoms with E-state index in [1.165, 1.54) is 0 Å². The Kier molecular flexibility index (Phi) is 4.86. The fourth-order valence-corrected chi connectivity index (χ4v) is 1.45. The van der Waals surface area contributed by atoms with Crippen LogP contribution >= 0.6 is 0 Å². The zero-order chi connectivity index (χ0) is 10.4. The van der Waals surface area contributed by atoms with Gasteiger partial charge in [-0.1, -0.05) is 0 Å². The van der Waals surface area contributed by atoms with Crippen molar-refractivity contribution in [3.8, 4) is 0 Å². The maximum absolute atomic E-state index is 10.8. The van der Waals surface area contributed by atoms with Gasteiger partial charge < -0.3 is 19.7 Å². The summed E-state index contributed by atoms with van der Waals surface area (Å²) in [5, 5.41) is 17.4. The Morgan fingerprint density at radius 3 is 2.93 bits per heavy atom. The van der Waals surface area contributed by atoms with Gasteiger partial charge >= 0.3 is 5.97 Å². The lowest BCUT2D eigenvalue weighted by Crippen LogP contribution is -2.36. The molecule has 1 heterocycles. The molecule has 0 aromatic rings. The van der Waals surface area contributed by atoms with Gasteiger partial charge in [-0.05, 0) is 19.3 Å². The van der Waals surface area contributed by atoms with E-state index in [1.54, 1.807) is 0 Å². The molecule has 0 spiro atoms. The molecule has 0 aromatic heterocycles. The van der Waals surface area contributed by atoms with Crippen LogP contribution in [0.25, 0.3) is 0 Å². The molecular weight excluding hydrogens is 188 g/mol. The van der Waals surface area contributed by atoms with Crippen LogP contribution in [0.4, 0.5) is 0 Å². The van der Waals surface area contributed by atoms with E-state index >= 15 is 0 Å². The van der Waals surface area contributed by atoms with E-state index < -0.39 is 12.1 Å². The van der Waals surface area contributed by atoms with Crippen LogP contribution in [0.2, 0.25) is 0 Å². The molecule has 0 radical (unpaired) electrons. The Balaban J connectivity index is 2.34. The highest BCUT2D eigenvalue weighted by Gasteiger charge is 2.32. The van der Waals surface area contributed by atoms with Crippen LogP contribution < -0.4 is 0 Å². The Labute approximate surface area is 82.6 Å². The highest BCUT2D eigenvalue weighted by Crippen LogP contribution is 2.18. The molecule has 1 saturated heterocycles. The molecule has 0 aliphatic carbocycles.